The summed E-state index contributed by atoms with van der Waals surface area (Å²) in [6.07, 6.45) is 1.92. The van der Waals surface area contributed by atoms with Crippen LogP contribution in [-0.2, 0) is 11.3 Å². The van der Waals surface area contributed by atoms with Crippen LogP contribution in [0, 0.1) is 0 Å². The molecule has 22 heavy (non-hydrogen) atoms. The number of urea groups is 1. The van der Waals surface area contributed by atoms with Crippen molar-refractivity contribution < 1.29 is 19.1 Å². The fourth-order valence-electron chi connectivity index (χ4n) is 1.78. The Hall–Kier alpha value is -2.83. The molecule has 0 atom stereocenters. The van der Waals surface area contributed by atoms with Gasteiger partial charge in [-0.3, -0.25) is 4.79 Å². The number of hydrogen-bond donors (Lipinski definition) is 3. The van der Waals surface area contributed by atoms with E-state index in [1.54, 1.807) is 0 Å². The van der Waals surface area contributed by atoms with Crippen molar-refractivity contribution in [2.24, 2.45) is 0 Å². The molecular weight excluding hydrogens is 286 g/mol. The Bertz CT molecular complexity index is 625. The second kappa shape index (κ2) is 7.82. The highest BCUT2D eigenvalue weighted by molar-refractivity contribution is 5.73. The normalized spacial score (nSPS) is 10.2. The lowest BCUT2D eigenvalue weighted by Crippen LogP contribution is -2.35. The molecule has 1 heterocycles. The number of oxazole rings is 1. The Kier molecular flexibility index (Phi) is 5.53. The van der Waals surface area contributed by atoms with E-state index in [2.05, 4.69) is 15.6 Å². The molecule has 2 rings (SSSR count). The quantitative estimate of drug-likeness (QED) is 0.679. The van der Waals surface area contributed by atoms with E-state index in [0.29, 0.717) is 24.6 Å². The number of nitrogens with zero attached hydrogens (tertiary/aromatic N) is 1. The Balaban J connectivity index is 1.74. The molecule has 2 amide bonds. The van der Waals surface area contributed by atoms with Crippen molar-refractivity contribution in [2.45, 2.75) is 19.4 Å². The molecule has 7 nitrogen and oxygen atoms in total. The lowest BCUT2D eigenvalue weighted by Gasteiger charge is -2.05. The summed E-state index contributed by atoms with van der Waals surface area (Å²) in [6.45, 7) is 0.549. The second-order valence-electron chi connectivity index (χ2n) is 4.62. The first-order valence-corrected chi connectivity index (χ1v) is 6.88. The van der Waals surface area contributed by atoms with Gasteiger partial charge in [-0.05, 0) is 18.6 Å². The topological polar surface area (TPSA) is 104 Å². The summed E-state index contributed by atoms with van der Waals surface area (Å²) in [4.78, 5) is 26.1. The Morgan fingerprint density at radius 3 is 2.68 bits per heavy atom. The molecule has 7 heteroatoms. The van der Waals surface area contributed by atoms with E-state index in [9.17, 15) is 9.59 Å². The zero-order chi connectivity index (χ0) is 15.8. The number of carboxylic acids is 1. The number of hydrogen-bond acceptors (Lipinski definition) is 4. The Morgan fingerprint density at radius 1 is 1.18 bits per heavy atom. The third kappa shape index (κ3) is 4.93. The Labute approximate surface area is 127 Å². The van der Waals surface area contributed by atoms with E-state index in [1.807, 2.05) is 30.3 Å². The van der Waals surface area contributed by atoms with Gasteiger partial charge in [0.25, 0.3) is 0 Å². The van der Waals surface area contributed by atoms with Gasteiger partial charge in [0.15, 0.2) is 0 Å². The van der Waals surface area contributed by atoms with Crippen LogP contribution >= 0.6 is 0 Å². The van der Waals surface area contributed by atoms with E-state index in [-0.39, 0.29) is 19.0 Å². The predicted octanol–water partition coefficient (Wildman–Crippen LogP) is 2.01. The average Bonchev–Trinajstić information content (AvgIpc) is 2.99. The lowest BCUT2D eigenvalue weighted by atomic mass is 10.2. The van der Waals surface area contributed by atoms with Crippen molar-refractivity contribution in [3.63, 3.8) is 0 Å². The summed E-state index contributed by atoms with van der Waals surface area (Å²) in [5.74, 6) is -0.377. The van der Waals surface area contributed by atoms with Crippen LogP contribution in [-0.4, -0.2) is 28.6 Å². The van der Waals surface area contributed by atoms with Gasteiger partial charge in [-0.15, -0.1) is 0 Å². The summed E-state index contributed by atoms with van der Waals surface area (Å²) < 4.78 is 5.36. The van der Waals surface area contributed by atoms with Crippen LogP contribution in [0.2, 0.25) is 0 Å². The number of carbonyl (C=O) groups is 2. The predicted molar refractivity (Wildman–Crippen MR) is 79.0 cm³/mol. The van der Waals surface area contributed by atoms with Gasteiger partial charge in [0.1, 0.15) is 6.26 Å². The second-order valence-corrected chi connectivity index (χ2v) is 4.62. The molecule has 0 spiro atoms. The molecular formula is C15H17N3O4. The molecule has 116 valence electrons. The smallest absolute Gasteiger partial charge is 0.315 e. The van der Waals surface area contributed by atoms with Gasteiger partial charge in [-0.2, -0.15) is 0 Å². The van der Waals surface area contributed by atoms with Crippen molar-refractivity contribution in [3.05, 3.63) is 42.3 Å². The molecule has 0 fully saturated rings. The molecule has 0 saturated heterocycles. The molecule has 0 aliphatic heterocycles. The summed E-state index contributed by atoms with van der Waals surface area (Å²) in [5, 5.41) is 13.7. The van der Waals surface area contributed by atoms with Crippen LogP contribution in [0.25, 0.3) is 11.5 Å². The highest BCUT2D eigenvalue weighted by atomic mass is 16.4. The summed E-state index contributed by atoms with van der Waals surface area (Å²) in [5.41, 5.74) is 1.48. The van der Waals surface area contributed by atoms with E-state index >= 15 is 0 Å². The first kappa shape index (κ1) is 15.6. The fraction of sp³-hybridized carbons (Fsp3) is 0.267. The molecule has 3 N–H and O–H groups in total. The number of rotatable bonds is 7. The van der Waals surface area contributed by atoms with Gasteiger partial charge in [0.05, 0.1) is 12.2 Å². The van der Waals surface area contributed by atoms with Crippen LogP contribution in [0.5, 0.6) is 0 Å². The minimum atomic E-state index is -0.877. The number of amides is 2. The first-order valence-electron chi connectivity index (χ1n) is 6.88. The third-order valence-corrected chi connectivity index (χ3v) is 2.86. The van der Waals surface area contributed by atoms with Crippen LogP contribution < -0.4 is 10.6 Å². The third-order valence-electron chi connectivity index (χ3n) is 2.86. The zero-order valence-electron chi connectivity index (χ0n) is 11.9. The number of carbonyl (C=O) groups excluding carboxylic acids is 1. The highest BCUT2D eigenvalue weighted by Crippen LogP contribution is 2.17. The number of nitrogens with one attached hydrogen (secondary N) is 2. The standard InChI is InChI=1S/C15H17N3O4/c19-13(20)7-4-8-16-15(21)17-9-12-10-22-14(18-12)11-5-2-1-3-6-11/h1-3,5-6,10H,4,7-9H2,(H,19,20)(H2,16,17,21). The largest absolute Gasteiger partial charge is 0.481 e. The van der Waals surface area contributed by atoms with Crippen LogP contribution in [0.4, 0.5) is 4.79 Å². The molecule has 1 aromatic carbocycles. The van der Waals surface area contributed by atoms with Crippen molar-refractivity contribution in [1.29, 1.82) is 0 Å². The molecule has 1 aromatic heterocycles. The summed E-state index contributed by atoms with van der Waals surface area (Å²) in [6, 6.07) is 9.10. The highest BCUT2D eigenvalue weighted by Gasteiger charge is 2.07. The summed E-state index contributed by atoms with van der Waals surface area (Å²) in [7, 11) is 0. The van der Waals surface area contributed by atoms with E-state index in [1.165, 1.54) is 6.26 Å². The Morgan fingerprint density at radius 2 is 1.95 bits per heavy atom. The number of aliphatic carboxylic acids is 1. The van der Waals surface area contributed by atoms with Gasteiger partial charge in [-0.1, -0.05) is 18.2 Å². The van der Waals surface area contributed by atoms with Gasteiger partial charge in [0, 0.05) is 18.5 Å². The maximum atomic E-state index is 11.5. The molecule has 0 unspecified atom stereocenters. The van der Waals surface area contributed by atoms with Gasteiger partial charge in [0.2, 0.25) is 5.89 Å². The molecule has 0 radical (unpaired) electrons. The van der Waals surface area contributed by atoms with Crippen LogP contribution in [0.1, 0.15) is 18.5 Å². The zero-order valence-corrected chi connectivity index (χ0v) is 11.9. The van der Waals surface area contributed by atoms with Crippen molar-refractivity contribution in [1.82, 2.24) is 15.6 Å². The van der Waals surface area contributed by atoms with Gasteiger partial charge < -0.3 is 20.2 Å². The molecule has 0 saturated carbocycles. The number of aromatic nitrogens is 1. The molecule has 2 aromatic rings. The maximum Gasteiger partial charge on any atom is 0.315 e. The van der Waals surface area contributed by atoms with Crippen LogP contribution in [0.15, 0.2) is 41.0 Å². The van der Waals surface area contributed by atoms with E-state index < -0.39 is 5.97 Å². The number of benzene rings is 1. The van der Waals surface area contributed by atoms with Crippen molar-refractivity contribution >= 4 is 12.0 Å². The maximum absolute atomic E-state index is 11.5. The fourth-order valence-corrected chi connectivity index (χ4v) is 1.78. The van der Waals surface area contributed by atoms with Crippen molar-refractivity contribution in [3.8, 4) is 11.5 Å². The molecule has 0 bridgehead atoms. The SMILES string of the molecule is O=C(O)CCCNC(=O)NCc1coc(-c2ccccc2)n1. The summed E-state index contributed by atoms with van der Waals surface area (Å²) >= 11 is 0. The minimum absolute atomic E-state index is 0.0317. The number of carboxylic acid groups (broad SMARTS) is 1. The monoisotopic (exact) mass is 303 g/mol. The van der Waals surface area contributed by atoms with Gasteiger partial charge >= 0.3 is 12.0 Å². The van der Waals surface area contributed by atoms with Crippen molar-refractivity contribution in [2.75, 3.05) is 6.54 Å². The molecule has 0 aliphatic carbocycles. The lowest BCUT2D eigenvalue weighted by molar-refractivity contribution is -0.137. The van der Waals surface area contributed by atoms with Gasteiger partial charge in [-0.25, -0.2) is 9.78 Å². The first-order chi connectivity index (χ1) is 10.6. The minimum Gasteiger partial charge on any atom is -0.481 e. The van der Waals surface area contributed by atoms with Crippen LogP contribution in [0.3, 0.4) is 0 Å². The van der Waals surface area contributed by atoms with E-state index in [0.717, 1.165) is 5.56 Å². The molecule has 0 aliphatic rings. The van der Waals surface area contributed by atoms with E-state index in [4.69, 9.17) is 9.52 Å². The average molecular weight is 303 g/mol.